The van der Waals surface area contributed by atoms with Gasteiger partial charge in [0, 0.05) is 11.9 Å². The Labute approximate surface area is 367 Å². The van der Waals surface area contributed by atoms with E-state index in [-0.39, 0.29) is 61.7 Å². The van der Waals surface area contributed by atoms with Gasteiger partial charge in [0.1, 0.15) is 0 Å². The molecule has 2 unspecified atom stereocenters. The zero-order chi connectivity index (χ0) is 37.7. The van der Waals surface area contributed by atoms with Crippen molar-refractivity contribution in [3.63, 3.8) is 0 Å². The number of carbonyl (C=O) groups is 2. The fourth-order valence-corrected chi connectivity index (χ4v) is 7.46. The van der Waals surface area contributed by atoms with Crippen LogP contribution in [0, 0.1) is 0 Å². The molecule has 2 rings (SSSR count). The first-order valence-electron chi connectivity index (χ1n) is 22.0. The van der Waals surface area contributed by atoms with Crippen LogP contribution in [0.5, 0.6) is 0 Å². The van der Waals surface area contributed by atoms with Crippen molar-refractivity contribution in [2.24, 2.45) is 0 Å². The average molecular weight is 856 g/mol. The summed E-state index contributed by atoms with van der Waals surface area (Å²) >= 11 is 0. The number of unbranched alkanes of at least 4 members (excludes halogenated alkanes) is 20. The van der Waals surface area contributed by atoms with Crippen molar-refractivity contribution in [1.82, 2.24) is 0 Å². The summed E-state index contributed by atoms with van der Waals surface area (Å²) < 4.78 is 0. The Balaban J connectivity index is 0.00000100. The van der Waals surface area contributed by atoms with Gasteiger partial charge >= 0.3 is 48.9 Å². The van der Waals surface area contributed by atoms with Crippen LogP contribution in [0.3, 0.4) is 0 Å². The first kappa shape index (κ1) is 52.0. The SMILES string of the molecule is CCCCC(CCCCCCCCCCCCC(=O)[O-])c1ccccc1.CCCCC(CCCCCCCCCCCCC(=O)[O-])c1ccccc1.[Ba+2]. The molecule has 0 aliphatic carbocycles. The molecule has 2 aromatic carbocycles. The second-order valence-electron chi connectivity index (χ2n) is 15.4. The van der Waals surface area contributed by atoms with E-state index >= 15 is 0 Å². The van der Waals surface area contributed by atoms with E-state index in [9.17, 15) is 19.8 Å². The van der Waals surface area contributed by atoms with E-state index in [0.29, 0.717) is 0 Å². The number of carboxylic acid groups (broad SMARTS) is 2. The molecule has 4 nitrogen and oxygen atoms in total. The van der Waals surface area contributed by atoms with Crippen LogP contribution < -0.4 is 10.2 Å². The minimum atomic E-state index is -0.908. The zero-order valence-corrected chi connectivity index (χ0v) is 38.9. The Morgan fingerprint density at radius 1 is 0.396 bits per heavy atom. The summed E-state index contributed by atoms with van der Waals surface area (Å²) in [6.45, 7) is 4.57. The fraction of sp³-hybridized carbons (Fsp3) is 0.708. The van der Waals surface area contributed by atoms with Crippen LogP contribution in [0.15, 0.2) is 60.7 Å². The van der Waals surface area contributed by atoms with Crippen molar-refractivity contribution in [3.8, 4) is 0 Å². The maximum absolute atomic E-state index is 10.3. The molecule has 2 atom stereocenters. The maximum atomic E-state index is 10.3. The Morgan fingerprint density at radius 3 is 0.906 bits per heavy atom. The Bertz CT molecular complexity index is 974. The minimum absolute atomic E-state index is 0. The van der Waals surface area contributed by atoms with Gasteiger partial charge in [0.25, 0.3) is 0 Å². The van der Waals surface area contributed by atoms with Crippen LogP contribution in [-0.2, 0) is 9.59 Å². The molecule has 0 aliphatic rings. The zero-order valence-electron chi connectivity index (χ0n) is 34.5. The van der Waals surface area contributed by atoms with E-state index in [0.717, 1.165) is 37.5 Å². The number of rotatable bonds is 34. The monoisotopic (exact) mass is 856 g/mol. The minimum Gasteiger partial charge on any atom is -0.550 e. The molecule has 0 N–H and O–H groups in total. The molecule has 0 saturated heterocycles. The Morgan fingerprint density at radius 2 is 0.642 bits per heavy atom. The van der Waals surface area contributed by atoms with Crippen LogP contribution in [0.25, 0.3) is 0 Å². The van der Waals surface area contributed by atoms with Gasteiger partial charge in [-0.05, 0) is 74.3 Å². The molecule has 0 saturated carbocycles. The summed E-state index contributed by atoms with van der Waals surface area (Å²) in [6.07, 6.45) is 35.6. The van der Waals surface area contributed by atoms with Crippen molar-refractivity contribution in [3.05, 3.63) is 71.8 Å². The molecule has 0 spiro atoms. The van der Waals surface area contributed by atoms with E-state index in [1.54, 1.807) is 0 Å². The van der Waals surface area contributed by atoms with Crippen molar-refractivity contribution in [2.45, 2.75) is 218 Å². The van der Waals surface area contributed by atoms with E-state index in [2.05, 4.69) is 74.5 Å². The molecule has 2 aromatic rings. The number of carbonyl (C=O) groups excluding carboxylic acids is 2. The van der Waals surface area contributed by atoms with Crippen LogP contribution in [0.4, 0.5) is 0 Å². The molecule has 0 bridgehead atoms. The number of carboxylic acids is 2. The van der Waals surface area contributed by atoms with E-state index < -0.39 is 11.9 Å². The van der Waals surface area contributed by atoms with E-state index in [1.807, 2.05) is 0 Å². The van der Waals surface area contributed by atoms with Gasteiger partial charge in [-0.25, -0.2) is 0 Å². The molecule has 0 heterocycles. The number of hydrogen-bond acceptors (Lipinski definition) is 4. The molecular formula is C48H78BaO4. The first-order chi connectivity index (χ1) is 25.5. The smallest absolute Gasteiger partial charge is 0.550 e. The van der Waals surface area contributed by atoms with Crippen LogP contribution >= 0.6 is 0 Å². The average Bonchev–Trinajstić information content (AvgIpc) is 3.15. The van der Waals surface area contributed by atoms with E-state index in [1.165, 1.54) is 165 Å². The van der Waals surface area contributed by atoms with Gasteiger partial charge in [0.15, 0.2) is 0 Å². The van der Waals surface area contributed by atoms with Gasteiger partial charge < -0.3 is 19.8 Å². The number of hydrogen-bond donors (Lipinski definition) is 0. The van der Waals surface area contributed by atoms with Gasteiger partial charge in [0.05, 0.1) is 0 Å². The van der Waals surface area contributed by atoms with Gasteiger partial charge in [-0.1, -0.05) is 216 Å². The summed E-state index contributed by atoms with van der Waals surface area (Å²) in [7, 11) is 0. The van der Waals surface area contributed by atoms with E-state index in [4.69, 9.17) is 0 Å². The third-order valence-electron chi connectivity index (χ3n) is 10.7. The standard InChI is InChI=1S/2C24H40O2.Ba/c2*1-2-3-17-22(23-19-14-12-15-20-23)18-13-10-8-6-4-5-7-9-11-16-21-24(25)26;/h2*12,14-15,19-20,22H,2-11,13,16-18,21H2,1H3,(H,25,26);/q;;+2/p-2. The third kappa shape index (κ3) is 32.9. The molecule has 0 radical (unpaired) electrons. The van der Waals surface area contributed by atoms with Crippen LogP contribution in [-0.4, -0.2) is 60.8 Å². The topological polar surface area (TPSA) is 80.3 Å². The summed E-state index contributed by atoms with van der Waals surface area (Å²) in [5, 5.41) is 20.6. The van der Waals surface area contributed by atoms with Gasteiger partial charge in [-0.15, -0.1) is 0 Å². The maximum Gasteiger partial charge on any atom is 2.00 e. The summed E-state index contributed by atoms with van der Waals surface area (Å²) in [6, 6.07) is 22.1. The summed E-state index contributed by atoms with van der Waals surface area (Å²) in [5.74, 6) is -0.322. The normalized spacial score (nSPS) is 12.0. The molecule has 53 heavy (non-hydrogen) atoms. The Hall–Kier alpha value is -1.05. The third-order valence-corrected chi connectivity index (χ3v) is 10.7. The van der Waals surface area contributed by atoms with Gasteiger partial charge in [-0.2, -0.15) is 0 Å². The molecule has 0 aliphatic heterocycles. The summed E-state index contributed by atoms with van der Waals surface area (Å²) in [4.78, 5) is 20.6. The quantitative estimate of drug-likeness (QED) is 0.0519. The van der Waals surface area contributed by atoms with Gasteiger partial charge in [0.2, 0.25) is 0 Å². The van der Waals surface area contributed by atoms with Crippen LogP contribution in [0.1, 0.15) is 229 Å². The van der Waals surface area contributed by atoms with Gasteiger partial charge in [-0.3, -0.25) is 0 Å². The molecule has 0 amide bonds. The van der Waals surface area contributed by atoms with Crippen LogP contribution in [0.2, 0.25) is 0 Å². The molecule has 0 aromatic heterocycles. The Kier molecular flexibility index (Phi) is 38.4. The predicted molar refractivity (Wildman–Crippen MR) is 224 cm³/mol. The van der Waals surface area contributed by atoms with Crippen molar-refractivity contribution >= 4 is 60.8 Å². The largest absolute Gasteiger partial charge is 2.00 e. The van der Waals surface area contributed by atoms with Crippen molar-refractivity contribution < 1.29 is 19.8 Å². The first-order valence-corrected chi connectivity index (χ1v) is 22.0. The number of aliphatic carboxylic acids is 2. The molecule has 296 valence electrons. The second kappa shape index (κ2) is 39.2. The van der Waals surface area contributed by atoms with Crippen molar-refractivity contribution in [2.75, 3.05) is 0 Å². The molecular weight excluding hydrogens is 778 g/mol. The molecule has 5 heteroatoms. The molecule has 0 fully saturated rings. The fourth-order valence-electron chi connectivity index (χ4n) is 7.46. The predicted octanol–water partition coefficient (Wildman–Crippen LogP) is 12.4. The summed E-state index contributed by atoms with van der Waals surface area (Å²) in [5.41, 5.74) is 3.05. The van der Waals surface area contributed by atoms with Crippen molar-refractivity contribution in [1.29, 1.82) is 0 Å². The second-order valence-corrected chi connectivity index (χ2v) is 15.4. The number of benzene rings is 2.